The van der Waals surface area contributed by atoms with Crippen LogP contribution in [0, 0.1) is 0 Å². The first-order chi connectivity index (χ1) is 14.6. The van der Waals surface area contributed by atoms with Gasteiger partial charge in [0.1, 0.15) is 11.5 Å². The van der Waals surface area contributed by atoms with E-state index in [1.807, 2.05) is 30.3 Å². The molecule has 0 saturated carbocycles. The summed E-state index contributed by atoms with van der Waals surface area (Å²) in [5, 5.41) is 11.3. The van der Waals surface area contributed by atoms with Crippen LogP contribution in [0.3, 0.4) is 0 Å². The van der Waals surface area contributed by atoms with Gasteiger partial charge in [-0.2, -0.15) is 9.61 Å². The van der Waals surface area contributed by atoms with Crippen LogP contribution < -0.4 is 10.6 Å². The van der Waals surface area contributed by atoms with Gasteiger partial charge in [-0.25, -0.2) is 4.98 Å². The highest BCUT2D eigenvalue weighted by molar-refractivity contribution is 9.10. The zero-order valence-corrected chi connectivity index (χ0v) is 18.2. The van der Waals surface area contributed by atoms with Gasteiger partial charge < -0.3 is 10.6 Å². The first-order valence-corrected chi connectivity index (χ1v) is 10.5. The zero-order chi connectivity index (χ0) is 20.9. The largest absolute Gasteiger partial charge is 0.370 e. The number of fused-ring (bicyclic) bond motifs is 1. The van der Waals surface area contributed by atoms with Gasteiger partial charge in [-0.05, 0) is 40.5 Å². The molecule has 0 atom stereocenters. The van der Waals surface area contributed by atoms with Crippen LogP contribution in [0.1, 0.15) is 16.9 Å². The maximum Gasteiger partial charge on any atom is 0.269 e. The number of anilines is 1. The summed E-state index contributed by atoms with van der Waals surface area (Å²) in [5.74, 6) is 0.607. The Labute approximate surface area is 186 Å². The first kappa shape index (κ1) is 20.3. The molecule has 3 aromatic heterocycles. The second-order valence-electron chi connectivity index (χ2n) is 6.49. The molecule has 152 valence electrons. The van der Waals surface area contributed by atoms with Crippen molar-refractivity contribution in [1.82, 2.24) is 24.9 Å². The summed E-state index contributed by atoms with van der Waals surface area (Å²) in [4.78, 5) is 20.8. The van der Waals surface area contributed by atoms with E-state index in [9.17, 15) is 4.79 Å². The number of nitrogens with one attached hydrogen (secondary N) is 2. The minimum atomic E-state index is -0.182. The molecule has 0 fully saturated rings. The molecule has 0 bridgehead atoms. The van der Waals surface area contributed by atoms with Gasteiger partial charge in [0.05, 0.1) is 16.4 Å². The summed E-state index contributed by atoms with van der Waals surface area (Å²) < 4.78 is 2.53. The summed E-state index contributed by atoms with van der Waals surface area (Å²) in [6, 6.07) is 14.8. The number of pyridine rings is 1. The van der Waals surface area contributed by atoms with E-state index in [0.717, 1.165) is 28.0 Å². The second kappa shape index (κ2) is 9.23. The summed E-state index contributed by atoms with van der Waals surface area (Å²) in [5.41, 5.74) is 2.70. The minimum absolute atomic E-state index is 0.182. The lowest BCUT2D eigenvalue weighted by Crippen LogP contribution is -2.26. The molecule has 0 radical (unpaired) electrons. The predicted molar refractivity (Wildman–Crippen MR) is 121 cm³/mol. The number of halogens is 2. The molecule has 0 aliphatic rings. The van der Waals surface area contributed by atoms with Crippen LogP contribution in [0.15, 0.2) is 65.4 Å². The molecule has 0 spiro atoms. The molecular formula is C21H18BrClN6O. The second-order valence-corrected chi connectivity index (χ2v) is 7.75. The molecule has 9 heteroatoms. The number of carbonyl (C=O) groups excluding carboxylic acids is 1. The smallest absolute Gasteiger partial charge is 0.269 e. The number of nitrogens with zero attached hydrogens (tertiary/aromatic N) is 4. The van der Waals surface area contributed by atoms with E-state index in [1.165, 1.54) is 0 Å². The van der Waals surface area contributed by atoms with Gasteiger partial charge in [0.25, 0.3) is 5.91 Å². The predicted octanol–water partition coefficient (Wildman–Crippen LogP) is 4.44. The number of benzene rings is 1. The Morgan fingerprint density at radius 2 is 1.97 bits per heavy atom. The molecular weight excluding hydrogens is 468 g/mol. The van der Waals surface area contributed by atoms with Crippen LogP contribution in [0.25, 0.3) is 16.9 Å². The van der Waals surface area contributed by atoms with E-state index in [0.29, 0.717) is 29.5 Å². The summed E-state index contributed by atoms with van der Waals surface area (Å²) >= 11 is 9.86. The number of hydrogen-bond donors (Lipinski definition) is 2. The maximum atomic E-state index is 12.1. The maximum absolute atomic E-state index is 12.1. The SMILES string of the molecule is O=C(NCCCNc1cc(-c2ccccc2Cl)nc2c(Br)cnn12)c1ccccn1. The van der Waals surface area contributed by atoms with Crippen molar-refractivity contribution >= 4 is 44.9 Å². The molecule has 0 aliphatic heterocycles. The van der Waals surface area contributed by atoms with E-state index < -0.39 is 0 Å². The average molecular weight is 486 g/mol. The van der Waals surface area contributed by atoms with E-state index in [2.05, 4.69) is 36.6 Å². The van der Waals surface area contributed by atoms with Gasteiger partial charge >= 0.3 is 0 Å². The normalized spacial score (nSPS) is 10.9. The minimum Gasteiger partial charge on any atom is -0.370 e. The van der Waals surface area contributed by atoms with Gasteiger partial charge in [-0.15, -0.1) is 0 Å². The molecule has 4 aromatic rings. The van der Waals surface area contributed by atoms with Crippen molar-refractivity contribution in [3.05, 3.63) is 76.1 Å². The topological polar surface area (TPSA) is 84.2 Å². The third kappa shape index (κ3) is 4.44. The highest BCUT2D eigenvalue weighted by Gasteiger charge is 2.13. The molecule has 2 N–H and O–H groups in total. The number of carbonyl (C=O) groups is 1. The zero-order valence-electron chi connectivity index (χ0n) is 15.8. The van der Waals surface area contributed by atoms with Gasteiger partial charge in [0.15, 0.2) is 5.65 Å². The van der Waals surface area contributed by atoms with Crippen molar-refractivity contribution in [2.24, 2.45) is 0 Å². The van der Waals surface area contributed by atoms with E-state index in [-0.39, 0.29) is 5.91 Å². The van der Waals surface area contributed by atoms with Crippen LogP contribution in [0.5, 0.6) is 0 Å². The lowest BCUT2D eigenvalue weighted by atomic mass is 10.1. The molecule has 1 aromatic carbocycles. The van der Waals surface area contributed by atoms with Crippen molar-refractivity contribution in [2.75, 3.05) is 18.4 Å². The molecule has 7 nitrogen and oxygen atoms in total. The average Bonchev–Trinajstić information content (AvgIpc) is 3.15. The fourth-order valence-corrected chi connectivity index (χ4v) is 3.54. The van der Waals surface area contributed by atoms with Crippen LogP contribution >= 0.6 is 27.5 Å². The summed E-state index contributed by atoms with van der Waals surface area (Å²) in [6.45, 7) is 1.16. The highest BCUT2D eigenvalue weighted by atomic mass is 79.9. The number of amides is 1. The fourth-order valence-electron chi connectivity index (χ4n) is 2.96. The monoisotopic (exact) mass is 484 g/mol. The quantitative estimate of drug-likeness (QED) is 0.378. The molecule has 0 saturated heterocycles. The Balaban J connectivity index is 1.45. The fraction of sp³-hybridized carbons (Fsp3) is 0.143. The number of aromatic nitrogens is 4. The third-order valence-corrected chi connectivity index (χ3v) is 5.31. The first-order valence-electron chi connectivity index (χ1n) is 9.36. The van der Waals surface area contributed by atoms with Crippen LogP contribution in [-0.4, -0.2) is 38.6 Å². The highest BCUT2D eigenvalue weighted by Crippen LogP contribution is 2.30. The van der Waals surface area contributed by atoms with Crippen LogP contribution in [0.4, 0.5) is 5.82 Å². The van der Waals surface area contributed by atoms with E-state index in [1.54, 1.807) is 35.1 Å². The summed E-state index contributed by atoms with van der Waals surface area (Å²) in [7, 11) is 0. The number of hydrogen-bond acceptors (Lipinski definition) is 5. The molecule has 0 unspecified atom stereocenters. The lowest BCUT2D eigenvalue weighted by molar-refractivity contribution is 0.0948. The third-order valence-electron chi connectivity index (χ3n) is 4.42. The molecule has 0 aliphatic carbocycles. The Morgan fingerprint density at radius 1 is 1.13 bits per heavy atom. The van der Waals surface area contributed by atoms with Crippen LogP contribution in [0.2, 0.25) is 5.02 Å². The number of rotatable bonds is 7. The van der Waals surface area contributed by atoms with Gasteiger partial charge in [-0.1, -0.05) is 35.9 Å². The van der Waals surface area contributed by atoms with Crippen LogP contribution in [-0.2, 0) is 0 Å². The Bertz CT molecular complexity index is 1180. The van der Waals surface area contributed by atoms with E-state index >= 15 is 0 Å². The lowest BCUT2D eigenvalue weighted by Gasteiger charge is -2.12. The standard InChI is InChI=1S/C21H18BrClN6O/c22-15-13-27-29-19(12-18(28-20(15)29)14-6-1-2-7-16(14)23)25-10-5-11-26-21(30)17-8-3-4-9-24-17/h1-4,6-9,12-13,25H,5,10-11H2,(H,26,30). The van der Waals surface area contributed by atoms with E-state index in [4.69, 9.17) is 16.6 Å². The molecule has 30 heavy (non-hydrogen) atoms. The van der Waals surface area contributed by atoms with Crippen molar-refractivity contribution in [2.45, 2.75) is 6.42 Å². The molecule has 4 rings (SSSR count). The molecule has 1 amide bonds. The van der Waals surface area contributed by atoms with Crippen molar-refractivity contribution in [3.63, 3.8) is 0 Å². The van der Waals surface area contributed by atoms with Crippen molar-refractivity contribution < 1.29 is 4.79 Å². The van der Waals surface area contributed by atoms with Gasteiger partial charge in [-0.3, -0.25) is 9.78 Å². The van der Waals surface area contributed by atoms with Gasteiger partial charge in [0.2, 0.25) is 0 Å². The Morgan fingerprint density at radius 3 is 2.77 bits per heavy atom. The Kier molecular flexibility index (Phi) is 6.25. The summed E-state index contributed by atoms with van der Waals surface area (Å²) in [6.07, 6.45) is 4.03. The molecule has 3 heterocycles. The van der Waals surface area contributed by atoms with Gasteiger partial charge in [0, 0.05) is 35.9 Å². The Hall–Kier alpha value is -2.97. The van der Waals surface area contributed by atoms with Crippen molar-refractivity contribution in [3.8, 4) is 11.3 Å². The van der Waals surface area contributed by atoms with Crippen molar-refractivity contribution in [1.29, 1.82) is 0 Å².